The summed E-state index contributed by atoms with van der Waals surface area (Å²) in [6, 6.07) is 4.39. The highest BCUT2D eigenvalue weighted by Gasteiger charge is 2.45. The predicted molar refractivity (Wildman–Crippen MR) is 106 cm³/mol. The number of hydrogen-bond acceptors (Lipinski definition) is 6. The summed E-state index contributed by atoms with van der Waals surface area (Å²) < 4.78 is 2.18. The Labute approximate surface area is 166 Å². The Kier molecular flexibility index (Phi) is 4.14. The maximum atomic E-state index is 13.2. The number of fused-ring (bicyclic) bond motifs is 3. The van der Waals surface area contributed by atoms with Crippen molar-refractivity contribution in [2.24, 2.45) is 0 Å². The van der Waals surface area contributed by atoms with E-state index in [1.54, 1.807) is 22.7 Å². The van der Waals surface area contributed by atoms with E-state index in [0.717, 1.165) is 41.7 Å². The fourth-order valence-electron chi connectivity index (χ4n) is 4.24. The lowest BCUT2D eigenvalue weighted by molar-refractivity contribution is 0.0554. The van der Waals surface area contributed by atoms with Gasteiger partial charge in [-0.3, -0.25) is 9.69 Å². The predicted octanol–water partition coefficient (Wildman–Crippen LogP) is 3.10. The van der Waals surface area contributed by atoms with Crippen LogP contribution in [0.2, 0.25) is 0 Å². The summed E-state index contributed by atoms with van der Waals surface area (Å²) in [5.74, 6) is 0.114. The first-order valence-corrected chi connectivity index (χ1v) is 10.9. The van der Waals surface area contributed by atoms with Gasteiger partial charge in [-0.1, -0.05) is 0 Å². The monoisotopic (exact) mass is 399 g/mol. The lowest BCUT2D eigenvalue weighted by atomic mass is 10.1. The third-order valence-corrected chi connectivity index (χ3v) is 7.30. The van der Waals surface area contributed by atoms with Gasteiger partial charge in [0.1, 0.15) is 5.69 Å². The zero-order valence-electron chi connectivity index (χ0n) is 15.3. The van der Waals surface area contributed by atoms with Crippen molar-refractivity contribution in [3.05, 3.63) is 56.2 Å². The second kappa shape index (κ2) is 6.54. The zero-order valence-corrected chi connectivity index (χ0v) is 17.0. The Morgan fingerprint density at radius 2 is 2.04 bits per heavy atom. The molecule has 0 spiro atoms. The van der Waals surface area contributed by atoms with Crippen molar-refractivity contribution in [1.82, 2.24) is 24.3 Å². The summed E-state index contributed by atoms with van der Waals surface area (Å²) in [5, 5.41) is 3.11. The lowest BCUT2D eigenvalue weighted by Gasteiger charge is -2.38. The van der Waals surface area contributed by atoms with Crippen molar-refractivity contribution in [3.8, 4) is 0 Å². The van der Waals surface area contributed by atoms with Crippen molar-refractivity contribution in [1.29, 1.82) is 0 Å². The van der Waals surface area contributed by atoms with Crippen LogP contribution in [-0.2, 0) is 13.1 Å². The van der Waals surface area contributed by atoms with E-state index >= 15 is 0 Å². The van der Waals surface area contributed by atoms with Gasteiger partial charge in [-0.25, -0.2) is 9.97 Å². The normalized spacial score (nSPS) is 22.3. The van der Waals surface area contributed by atoms with Crippen LogP contribution in [0.1, 0.15) is 37.8 Å². The summed E-state index contributed by atoms with van der Waals surface area (Å²) in [4.78, 5) is 27.9. The van der Waals surface area contributed by atoms with E-state index in [9.17, 15) is 4.79 Å². The fraction of sp³-hybridized carbons (Fsp3) is 0.421. The molecule has 3 aromatic rings. The quantitative estimate of drug-likeness (QED) is 0.677. The molecule has 5 rings (SSSR count). The van der Waals surface area contributed by atoms with Gasteiger partial charge in [-0.05, 0) is 26.0 Å². The molecule has 0 saturated carbocycles. The van der Waals surface area contributed by atoms with E-state index < -0.39 is 0 Å². The number of nitrogens with zero attached hydrogens (tertiary/aromatic N) is 5. The molecule has 140 valence electrons. The molecule has 1 saturated heterocycles. The van der Waals surface area contributed by atoms with Gasteiger partial charge in [0, 0.05) is 36.1 Å². The summed E-state index contributed by atoms with van der Waals surface area (Å²) in [5.41, 5.74) is 4.81. The average molecular weight is 400 g/mol. The molecule has 1 amide bonds. The van der Waals surface area contributed by atoms with E-state index in [1.807, 2.05) is 29.5 Å². The smallest absolute Gasteiger partial charge is 0.271 e. The number of carbonyl (C=O) groups is 1. The minimum atomic E-state index is 0.114. The first-order valence-electron chi connectivity index (χ1n) is 9.10. The van der Waals surface area contributed by atoms with Crippen LogP contribution in [0.3, 0.4) is 0 Å². The SMILES string of the molecule is Cc1nc(CN2C(=O)c3cccn3[C@@H]3CN(Cc4scnc4C)C[C@H]32)cs1. The van der Waals surface area contributed by atoms with Gasteiger partial charge in [0.2, 0.25) is 0 Å². The Bertz CT molecular complexity index is 990. The Balaban J connectivity index is 1.44. The second-order valence-electron chi connectivity index (χ2n) is 7.28. The third kappa shape index (κ3) is 2.92. The molecule has 0 N–H and O–H groups in total. The maximum Gasteiger partial charge on any atom is 0.271 e. The first-order chi connectivity index (χ1) is 13.1. The lowest BCUT2D eigenvalue weighted by Crippen LogP contribution is -2.49. The van der Waals surface area contributed by atoms with Gasteiger partial charge in [-0.15, -0.1) is 22.7 Å². The van der Waals surface area contributed by atoms with Crippen molar-refractivity contribution in [2.45, 2.75) is 39.0 Å². The molecule has 0 radical (unpaired) electrons. The van der Waals surface area contributed by atoms with Crippen LogP contribution in [0.4, 0.5) is 0 Å². The molecule has 0 aliphatic carbocycles. The highest BCUT2D eigenvalue weighted by Crippen LogP contribution is 2.35. The Morgan fingerprint density at radius 3 is 2.78 bits per heavy atom. The second-order valence-corrected chi connectivity index (χ2v) is 9.28. The number of thiazole rings is 2. The van der Waals surface area contributed by atoms with E-state index in [1.165, 1.54) is 4.88 Å². The summed E-state index contributed by atoms with van der Waals surface area (Å²) in [7, 11) is 0. The minimum absolute atomic E-state index is 0.114. The first kappa shape index (κ1) is 17.1. The molecule has 2 aliphatic rings. The zero-order chi connectivity index (χ0) is 18.5. The number of carbonyl (C=O) groups excluding carboxylic acids is 1. The number of aromatic nitrogens is 3. The van der Waals surface area contributed by atoms with Crippen LogP contribution in [0, 0.1) is 13.8 Å². The number of aryl methyl sites for hydroxylation is 2. The molecule has 0 unspecified atom stereocenters. The van der Waals surface area contributed by atoms with Crippen molar-refractivity contribution in [2.75, 3.05) is 13.1 Å². The molecule has 2 atom stereocenters. The third-order valence-electron chi connectivity index (χ3n) is 5.56. The van der Waals surface area contributed by atoms with Crippen molar-refractivity contribution >= 4 is 28.6 Å². The van der Waals surface area contributed by atoms with Gasteiger partial charge in [0.15, 0.2) is 0 Å². The van der Waals surface area contributed by atoms with E-state index in [2.05, 4.69) is 37.9 Å². The molecule has 2 aliphatic heterocycles. The van der Waals surface area contributed by atoms with Crippen molar-refractivity contribution in [3.63, 3.8) is 0 Å². The van der Waals surface area contributed by atoms with Crippen molar-refractivity contribution < 1.29 is 4.79 Å². The van der Waals surface area contributed by atoms with Crippen LogP contribution < -0.4 is 0 Å². The van der Waals surface area contributed by atoms with Crippen LogP contribution in [0.15, 0.2) is 29.2 Å². The largest absolute Gasteiger partial charge is 0.337 e. The van der Waals surface area contributed by atoms with Crippen LogP contribution in [0.25, 0.3) is 0 Å². The molecule has 5 heterocycles. The molecule has 1 fully saturated rings. The summed E-state index contributed by atoms with van der Waals surface area (Å²) >= 11 is 3.36. The van der Waals surface area contributed by atoms with E-state index in [4.69, 9.17) is 0 Å². The number of hydrogen-bond donors (Lipinski definition) is 0. The molecular formula is C19H21N5OS2. The number of amides is 1. The Morgan fingerprint density at radius 1 is 1.19 bits per heavy atom. The molecular weight excluding hydrogens is 378 g/mol. The van der Waals surface area contributed by atoms with Crippen LogP contribution in [0.5, 0.6) is 0 Å². The molecule has 0 bridgehead atoms. The van der Waals surface area contributed by atoms with E-state index in [-0.39, 0.29) is 11.9 Å². The fourth-order valence-corrected chi connectivity index (χ4v) is 5.67. The van der Waals surface area contributed by atoms with Gasteiger partial charge in [-0.2, -0.15) is 0 Å². The van der Waals surface area contributed by atoms with Gasteiger partial charge in [0.05, 0.1) is 40.5 Å². The average Bonchev–Trinajstić information content (AvgIpc) is 3.40. The van der Waals surface area contributed by atoms with Crippen LogP contribution >= 0.6 is 22.7 Å². The minimum Gasteiger partial charge on any atom is -0.337 e. The standard InChI is InChI=1S/C19H21N5OS2/c1-12-18(27-11-20-12)9-22-7-16-17(8-22)24(6-14-10-26-13(2)21-14)19(25)15-4-3-5-23(15)16/h3-5,10-11,16-17H,6-9H2,1-2H3/t16-,17-/m1/s1. The van der Waals surface area contributed by atoms with Crippen LogP contribution in [-0.4, -0.2) is 49.4 Å². The highest BCUT2D eigenvalue weighted by molar-refractivity contribution is 7.09. The Hall–Kier alpha value is -2.03. The summed E-state index contributed by atoms with van der Waals surface area (Å²) in [6.07, 6.45) is 2.05. The molecule has 8 heteroatoms. The van der Waals surface area contributed by atoms with Gasteiger partial charge in [0.25, 0.3) is 5.91 Å². The highest BCUT2D eigenvalue weighted by atomic mass is 32.1. The molecule has 27 heavy (non-hydrogen) atoms. The molecule has 3 aromatic heterocycles. The van der Waals surface area contributed by atoms with Gasteiger partial charge < -0.3 is 9.47 Å². The molecule has 0 aromatic carbocycles. The maximum absolute atomic E-state index is 13.2. The van der Waals surface area contributed by atoms with Gasteiger partial charge >= 0.3 is 0 Å². The van der Waals surface area contributed by atoms with E-state index in [0.29, 0.717) is 12.6 Å². The number of rotatable bonds is 4. The number of likely N-dealkylation sites (tertiary alicyclic amines) is 1. The topological polar surface area (TPSA) is 54.3 Å². The molecule has 6 nitrogen and oxygen atoms in total. The summed E-state index contributed by atoms with van der Waals surface area (Å²) in [6.45, 7) is 7.40.